The third-order valence-corrected chi connectivity index (χ3v) is 4.38. The zero-order valence-corrected chi connectivity index (χ0v) is 13.7. The fraction of sp³-hybridized carbons (Fsp3) is 0.444. The van der Waals surface area contributed by atoms with Crippen molar-refractivity contribution in [3.05, 3.63) is 36.0 Å². The number of aromatic nitrogens is 1. The van der Waals surface area contributed by atoms with E-state index in [2.05, 4.69) is 15.2 Å². The molecule has 2 aromatic rings. The summed E-state index contributed by atoms with van der Waals surface area (Å²) in [5.41, 5.74) is 1.48. The number of Topliss-reactive ketones (excluding diaryl/α,β-unsaturated/α-hetero) is 1. The Morgan fingerprint density at radius 2 is 2.13 bits per heavy atom. The molecule has 122 valence electrons. The molecule has 1 aromatic carbocycles. The van der Waals surface area contributed by atoms with Gasteiger partial charge in [0.25, 0.3) is 0 Å². The maximum atomic E-state index is 13.0. The Bertz CT molecular complexity index is 696. The Hall–Kier alpha value is -1.98. The van der Waals surface area contributed by atoms with E-state index >= 15 is 0 Å². The van der Waals surface area contributed by atoms with E-state index in [9.17, 15) is 4.79 Å². The van der Waals surface area contributed by atoms with Crippen LogP contribution in [0.25, 0.3) is 10.9 Å². The van der Waals surface area contributed by atoms with Crippen molar-refractivity contribution in [3.8, 4) is 5.75 Å². The van der Waals surface area contributed by atoms with Gasteiger partial charge in [-0.15, -0.1) is 0 Å². The van der Waals surface area contributed by atoms with Crippen LogP contribution >= 0.6 is 0 Å². The summed E-state index contributed by atoms with van der Waals surface area (Å²) in [6.45, 7) is 8.19. The van der Waals surface area contributed by atoms with Crippen LogP contribution in [0.15, 0.2) is 30.5 Å². The van der Waals surface area contributed by atoms with Crippen molar-refractivity contribution in [2.24, 2.45) is 0 Å². The molecule has 0 radical (unpaired) electrons. The van der Waals surface area contributed by atoms with Crippen molar-refractivity contribution in [1.82, 2.24) is 15.2 Å². The third-order valence-electron chi connectivity index (χ3n) is 4.38. The van der Waals surface area contributed by atoms with Crippen LogP contribution in [0.2, 0.25) is 0 Å². The van der Waals surface area contributed by atoms with Crippen LogP contribution in [0.5, 0.6) is 5.75 Å². The van der Waals surface area contributed by atoms with Gasteiger partial charge in [0, 0.05) is 43.3 Å². The van der Waals surface area contributed by atoms with Gasteiger partial charge in [-0.25, -0.2) is 0 Å². The number of ketones is 1. The van der Waals surface area contributed by atoms with Crippen LogP contribution < -0.4 is 10.1 Å². The molecule has 1 atom stereocenters. The molecule has 1 fully saturated rings. The molecule has 1 saturated heterocycles. The molecule has 1 aromatic heterocycles. The van der Waals surface area contributed by atoms with E-state index in [1.165, 1.54) is 0 Å². The molecule has 0 spiro atoms. The summed E-state index contributed by atoms with van der Waals surface area (Å²) in [6, 6.07) is 7.41. The highest BCUT2D eigenvalue weighted by molar-refractivity contribution is 6.10. The van der Waals surface area contributed by atoms with Gasteiger partial charge in [-0.1, -0.05) is 6.07 Å². The summed E-state index contributed by atoms with van der Waals surface area (Å²) < 4.78 is 5.64. The normalized spacial score (nSPS) is 17.1. The van der Waals surface area contributed by atoms with Crippen molar-refractivity contribution >= 4 is 16.7 Å². The average Bonchev–Trinajstić information content (AvgIpc) is 2.62. The fourth-order valence-electron chi connectivity index (χ4n) is 3.09. The number of benzene rings is 1. The lowest BCUT2D eigenvalue weighted by Gasteiger charge is -2.32. The number of carbonyl (C=O) groups is 1. The smallest absolute Gasteiger partial charge is 0.180 e. The zero-order chi connectivity index (χ0) is 16.2. The van der Waals surface area contributed by atoms with E-state index < -0.39 is 0 Å². The average molecular weight is 313 g/mol. The molecule has 0 aliphatic carbocycles. The van der Waals surface area contributed by atoms with Gasteiger partial charge in [-0.05, 0) is 32.0 Å². The number of ether oxygens (including phenoxy) is 1. The first kappa shape index (κ1) is 15.9. The standard InChI is InChI=1S/C18H23N3O2/c1-3-23-16-7-6-15(14-5-4-8-20-17(14)16)18(22)13(2)21-11-9-19-10-12-21/h4-8,13,19H,3,9-12H2,1-2H3. The van der Waals surface area contributed by atoms with Crippen molar-refractivity contribution in [3.63, 3.8) is 0 Å². The number of rotatable bonds is 5. The second-order valence-corrected chi connectivity index (χ2v) is 5.77. The van der Waals surface area contributed by atoms with Crippen LogP contribution in [-0.2, 0) is 0 Å². The molecule has 23 heavy (non-hydrogen) atoms. The summed E-state index contributed by atoms with van der Waals surface area (Å²) in [5.74, 6) is 0.877. The molecule has 1 unspecified atom stereocenters. The number of hydrogen-bond donors (Lipinski definition) is 1. The largest absolute Gasteiger partial charge is 0.492 e. The molecular weight excluding hydrogens is 290 g/mol. The first-order valence-corrected chi connectivity index (χ1v) is 8.22. The van der Waals surface area contributed by atoms with Gasteiger partial charge in [0.1, 0.15) is 11.3 Å². The second-order valence-electron chi connectivity index (χ2n) is 5.77. The number of pyridine rings is 1. The summed E-state index contributed by atoms with van der Waals surface area (Å²) in [7, 11) is 0. The Morgan fingerprint density at radius 1 is 1.35 bits per heavy atom. The van der Waals surface area contributed by atoms with Crippen molar-refractivity contribution in [2.75, 3.05) is 32.8 Å². The van der Waals surface area contributed by atoms with Gasteiger partial charge in [-0.3, -0.25) is 14.7 Å². The van der Waals surface area contributed by atoms with Crippen LogP contribution in [0.3, 0.4) is 0 Å². The second kappa shape index (κ2) is 7.06. The van der Waals surface area contributed by atoms with Crippen LogP contribution in [0.4, 0.5) is 0 Å². The predicted octanol–water partition coefficient (Wildman–Crippen LogP) is 2.11. The van der Waals surface area contributed by atoms with Crippen LogP contribution in [0, 0.1) is 0 Å². The van der Waals surface area contributed by atoms with Gasteiger partial charge in [0.05, 0.1) is 12.6 Å². The SMILES string of the molecule is CCOc1ccc(C(=O)C(C)N2CCNCC2)c2cccnc12. The lowest BCUT2D eigenvalue weighted by Crippen LogP contribution is -2.50. The van der Waals surface area contributed by atoms with Gasteiger partial charge in [0.15, 0.2) is 5.78 Å². The summed E-state index contributed by atoms with van der Waals surface area (Å²) in [5, 5.41) is 4.19. The lowest BCUT2D eigenvalue weighted by atomic mass is 9.98. The summed E-state index contributed by atoms with van der Waals surface area (Å²) in [6.07, 6.45) is 1.73. The minimum atomic E-state index is -0.126. The molecule has 0 bridgehead atoms. The number of hydrogen-bond acceptors (Lipinski definition) is 5. The highest BCUT2D eigenvalue weighted by Crippen LogP contribution is 2.28. The molecule has 3 rings (SSSR count). The summed E-state index contributed by atoms with van der Waals surface area (Å²) >= 11 is 0. The summed E-state index contributed by atoms with van der Waals surface area (Å²) in [4.78, 5) is 19.6. The predicted molar refractivity (Wildman–Crippen MR) is 91.1 cm³/mol. The van der Waals surface area contributed by atoms with Crippen molar-refractivity contribution in [1.29, 1.82) is 0 Å². The molecule has 1 N–H and O–H groups in total. The third kappa shape index (κ3) is 3.21. The number of nitrogens with one attached hydrogen (secondary N) is 1. The van der Waals surface area contributed by atoms with E-state index in [-0.39, 0.29) is 11.8 Å². The monoisotopic (exact) mass is 313 g/mol. The van der Waals surface area contributed by atoms with E-state index in [1.807, 2.05) is 38.1 Å². The minimum Gasteiger partial charge on any atom is -0.492 e. The Morgan fingerprint density at radius 3 is 2.87 bits per heavy atom. The molecule has 1 aliphatic heterocycles. The number of piperazine rings is 1. The number of carbonyl (C=O) groups excluding carboxylic acids is 1. The molecular formula is C18H23N3O2. The van der Waals surface area contributed by atoms with Crippen molar-refractivity contribution < 1.29 is 9.53 Å². The fourth-order valence-corrected chi connectivity index (χ4v) is 3.09. The molecule has 1 aliphatic rings. The van der Waals surface area contributed by atoms with E-state index in [0.717, 1.165) is 48.4 Å². The maximum Gasteiger partial charge on any atom is 0.180 e. The number of fused-ring (bicyclic) bond motifs is 1. The van der Waals surface area contributed by atoms with E-state index in [4.69, 9.17) is 4.74 Å². The zero-order valence-electron chi connectivity index (χ0n) is 13.7. The quantitative estimate of drug-likeness (QED) is 0.857. The van der Waals surface area contributed by atoms with Crippen LogP contribution in [-0.4, -0.2) is 54.5 Å². The molecule has 5 heteroatoms. The maximum absolute atomic E-state index is 13.0. The Labute approximate surface area is 136 Å². The Kier molecular flexibility index (Phi) is 4.88. The first-order valence-electron chi connectivity index (χ1n) is 8.22. The highest BCUT2D eigenvalue weighted by Gasteiger charge is 2.25. The molecule has 5 nitrogen and oxygen atoms in total. The topological polar surface area (TPSA) is 54.5 Å². The molecule has 0 amide bonds. The van der Waals surface area contributed by atoms with Crippen molar-refractivity contribution in [2.45, 2.75) is 19.9 Å². The first-order chi connectivity index (χ1) is 11.2. The molecule has 0 saturated carbocycles. The Balaban J connectivity index is 1.95. The lowest BCUT2D eigenvalue weighted by molar-refractivity contribution is 0.0822. The highest BCUT2D eigenvalue weighted by atomic mass is 16.5. The van der Waals surface area contributed by atoms with Gasteiger partial charge >= 0.3 is 0 Å². The minimum absolute atomic E-state index is 0.126. The molecule has 2 heterocycles. The van der Waals surface area contributed by atoms with Gasteiger partial charge in [-0.2, -0.15) is 0 Å². The number of nitrogens with zero attached hydrogens (tertiary/aromatic N) is 2. The van der Waals surface area contributed by atoms with Gasteiger partial charge in [0.2, 0.25) is 0 Å². The van der Waals surface area contributed by atoms with Crippen LogP contribution in [0.1, 0.15) is 24.2 Å². The van der Waals surface area contributed by atoms with Gasteiger partial charge < -0.3 is 10.1 Å². The van der Waals surface area contributed by atoms with E-state index in [0.29, 0.717) is 6.61 Å². The van der Waals surface area contributed by atoms with E-state index in [1.54, 1.807) is 6.20 Å².